The van der Waals surface area contributed by atoms with Crippen molar-refractivity contribution in [3.05, 3.63) is 53.6 Å². The van der Waals surface area contributed by atoms with Gasteiger partial charge in [-0.05, 0) is 29.3 Å². The molecule has 0 bridgehead atoms. The van der Waals surface area contributed by atoms with Crippen molar-refractivity contribution in [2.45, 2.75) is 6.42 Å². The molecule has 0 saturated carbocycles. The molecule has 0 amide bonds. The van der Waals surface area contributed by atoms with Gasteiger partial charge in [-0.2, -0.15) is 4.98 Å². The van der Waals surface area contributed by atoms with Crippen LogP contribution in [0.5, 0.6) is 5.75 Å². The van der Waals surface area contributed by atoms with Gasteiger partial charge in [-0.15, -0.1) is 0 Å². The maximum absolute atomic E-state index is 5.92. The van der Waals surface area contributed by atoms with Gasteiger partial charge in [0.1, 0.15) is 11.6 Å². The van der Waals surface area contributed by atoms with Gasteiger partial charge in [-0.3, -0.25) is 0 Å². The highest BCUT2D eigenvalue weighted by Gasteiger charge is 2.07. The minimum atomic E-state index is 0.192. The van der Waals surface area contributed by atoms with Gasteiger partial charge in [-0.1, -0.05) is 24.3 Å². The van der Waals surface area contributed by atoms with Gasteiger partial charge in [0.05, 0.1) is 12.6 Å². The Kier molecular flexibility index (Phi) is 3.31. The molecule has 2 aromatic carbocycles. The zero-order chi connectivity index (χ0) is 14.8. The van der Waals surface area contributed by atoms with Crippen LogP contribution in [-0.4, -0.2) is 17.1 Å². The summed E-state index contributed by atoms with van der Waals surface area (Å²) in [5, 5.41) is 0.816. The van der Waals surface area contributed by atoms with Crippen molar-refractivity contribution >= 4 is 22.7 Å². The summed E-state index contributed by atoms with van der Waals surface area (Å²) in [6.07, 6.45) is 0.754. The second-order valence-corrected chi connectivity index (χ2v) is 4.81. The molecule has 3 rings (SSSR count). The average molecular weight is 280 g/mol. The zero-order valence-corrected chi connectivity index (χ0v) is 11.7. The number of hydrogen-bond acceptors (Lipinski definition) is 5. The number of nitrogen functional groups attached to an aromatic ring is 2. The number of benzene rings is 2. The normalized spacial score (nSPS) is 10.7. The van der Waals surface area contributed by atoms with Crippen LogP contribution in [-0.2, 0) is 6.42 Å². The summed E-state index contributed by atoms with van der Waals surface area (Å²) in [6.45, 7) is 0. The number of methoxy groups -OCH3 is 1. The van der Waals surface area contributed by atoms with E-state index in [1.54, 1.807) is 7.11 Å². The van der Waals surface area contributed by atoms with Crippen molar-refractivity contribution in [2.24, 2.45) is 0 Å². The number of hydrogen-bond donors (Lipinski definition) is 2. The van der Waals surface area contributed by atoms with Gasteiger partial charge in [0.25, 0.3) is 0 Å². The van der Waals surface area contributed by atoms with Crippen LogP contribution in [0.2, 0.25) is 0 Å². The van der Waals surface area contributed by atoms with Gasteiger partial charge in [0.2, 0.25) is 5.95 Å². The quantitative estimate of drug-likeness (QED) is 0.769. The highest BCUT2D eigenvalue weighted by Crippen LogP contribution is 2.24. The number of nitrogens with two attached hydrogens (primary N) is 2. The largest absolute Gasteiger partial charge is 0.496 e. The molecule has 3 aromatic rings. The minimum Gasteiger partial charge on any atom is -0.496 e. The molecule has 5 nitrogen and oxygen atoms in total. The van der Waals surface area contributed by atoms with Crippen molar-refractivity contribution in [3.63, 3.8) is 0 Å². The maximum atomic E-state index is 5.92. The molecular formula is C16H16N4O. The maximum Gasteiger partial charge on any atom is 0.222 e. The van der Waals surface area contributed by atoms with E-state index in [1.807, 2.05) is 42.5 Å². The Morgan fingerprint density at radius 1 is 1.05 bits per heavy atom. The van der Waals surface area contributed by atoms with Crippen LogP contribution in [0.3, 0.4) is 0 Å². The van der Waals surface area contributed by atoms with Crippen molar-refractivity contribution in [1.29, 1.82) is 0 Å². The number of aromatic nitrogens is 2. The number of fused-ring (bicyclic) bond motifs is 1. The van der Waals surface area contributed by atoms with Crippen LogP contribution >= 0.6 is 0 Å². The Morgan fingerprint density at radius 3 is 2.67 bits per heavy atom. The topological polar surface area (TPSA) is 87.0 Å². The Bertz CT molecular complexity index is 801. The molecule has 106 valence electrons. The third kappa shape index (κ3) is 2.58. The average Bonchev–Trinajstić information content (AvgIpc) is 2.48. The molecule has 0 aliphatic carbocycles. The fourth-order valence-corrected chi connectivity index (χ4v) is 2.40. The van der Waals surface area contributed by atoms with Crippen molar-refractivity contribution in [3.8, 4) is 5.75 Å². The predicted molar refractivity (Wildman–Crippen MR) is 84.2 cm³/mol. The summed E-state index contributed by atoms with van der Waals surface area (Å²) >= 11 is 0. The molecule has 0 aliphatic rings. The lowest BCUT2D eigenvalue weighted by atomic mass is 10.0. The highest BCUT2D eigenvalue weighted by atomic mass is 16.5. The summed E-state index contributed by atoms with van der Waals surface area (Å²) in [7, 11) is 1.67. The molecule has 0 spiro atoms. The molecule has 5 heteroatoms. The Balaban J connectivity index is 2.02. The van der Waals surface area contributed by atoms with Crippen LogP contribution in [0.15, 0.2) is 42.5 Å². The number of nitrogens with zero attached hydrogens (tertiary/aromatic N) is 2. The van der Waals surface area contributed by atoms with E-state index < -0.39 is 0 Å². The van der Waals surface area contributed by atoms with Crippen LogP contribution in [0, 0.1) is 0 Å². The van der Waals surface area contributed by atoms with Gasteiger partial charge in [-0.25, -0.2) is 4.98 Å². The highest BCUT2D eigenvalue weighted by molar-refractivity contribution is 5.89. The van der Waals surface area contributed by atoms with Gasteiger partial charge in [0, 0.05) is 11.8 Å². The molecule has 21 heavy (non-hydrogen) atoms. The fourth-order valence-electron chi connectivity index (χ4n) is 2.40. The molecule has 0 atom stereocenters. The molecule has 4 N–H and O–H groups in total. The Labute approximate surface area is 122 Å². The second kappa shape index (κ2) is 5.28. The summed E-state index contributed by atoms with van der Waals surface area (Å²) < 4.78 is 5.38. The van der Waals surface area contributed by atoms with Gasteiger partial charge < -0.3 is 16.2 Å². The summed E-state index contributed by atoms with van der Waals surface area (Å²) in [5.41, 5.74) is 14.5. The first-order valence-electron chi connectivity index (χ1n) is 6.61. The molecule has 1 heterocycles. The molecule has 0 unspecified atom stereocenters. The van der Waals surface area contributed by atoms with E-state index in [1.165, 1.54) is 0 Å². The van der Waals surface area contributed by atoms with E-state index in [0.717, 1.165) is 34.2 Å². The monoisotopic (exact) mass is 280 g/mol. The molecule has 0 radical (unpaired) electrons. The van der Waals surface area contributed by atoms with E-state index in [0.29, 0.717) is 5.82 Å². The first-order chi connectivity index (χ1) is 10.2. The van der Waals surface area contributed by atoms with Crippen LogP contribution in [0.1, 0.15) is 11.1 Å². The zero-order valence-electron chi connectivity index (χ0n) is 11.7. The van der Waals surface area contributed by atoms with E-state index in [-0.39, 0.29) is 5.95 Å². The molecule has 0 fully saturated rings. The third-order valence-electron chi connectivity index (χ3n) is 3.39. The second-order valence-electron chi connectivity index (χ2n) is 4.81. The summed E-state index contributed by atoms with van der Waals surface area (Å²) in [6, 6.07) is 13.9. The predicted octanol–water partition coefficient (Wildman–Crippen LogP) is 2.39. The number of para-hydroxylation sites is 1. The fraction of sp³-hybridized carbons (Fsp3) is 0.125. The lowest BCUT2D eigenvalue weighted by Crippen LogP contribution is -2.01. The van der Waals surface area contributed by atoms with Gasteiger partial charge in [0.15, 0.2) is 0 Å². The van der Waals surface area contributed by atoms with Crippen molar-refractivity contribution < 1.29 is 4.74 Å². The number of rotatable bonds is 3. The van der Waals surface area contributed by atoms with E-state index >= 15 is 0 Å². The minimum absolute atomic E-state index is 0.192. The van der Waals surface area contributed by atoms with E-state index in [2.05, 4.69) is 9.97 Å². The van der Waals surface area contributed by atoms with Crippen molar-refractivity contribution in [2.75, 3.05) is 18.6 Å². The lowest BCUT2D eigenvalue weighted by molar-refractivity contribution is 0.410. The van der Waals surface area contributed by atoms with Crippen molar-refractivity contribution in [1.82, 2.24) is 9.97 Å². The molecule has 0 saturated heterocycles. The molecule has 0 aliphatic heterocycles. The number of ether oxygens (including phenoxy) is 1. The molecule has 1 aromatic heterocycles. The van der Waals surface area contributed by atoms with Crippen LogP contribution in [0.25, 0.3) is 10.9 Å². The Morgan fingerprint density at radius 2 is 1.86 bits per heavy atom. The van der Waals surface area contributed by atoms with E-state index in [4.69, 9.17) is 16.2 Å². The van der Waals surface area contributed by atoms with E-state index in [9.17, 15) is 0 Å². The first kappa shape index (κ1) is 13.2. The van der Waals surface area contributed by atoms with Gasteiger partial charge >= 0.3 is 0 Å². The third-order valence-corrected chi connectivity index (χ3v) is 3.39. The van der Waals surface area contributed by atoms with Crippen LogP contribution in [0.4, 0.5) is 11.8 Å². The lowest BCUT2D eigenvalue weighted by Gasteiger charge is -2.09. The Hall–Kier alpha value is -2.82. The summed E-state index contributed by atoms with van der Waals surface area (Å²) in [4.78, 5) is 8.18. The summed E-state index contributed by atoms with van der Waals surface area (Å²) in [5.74, 6) is 1.47. The standard InChI is InChI=1S/C16H16N4O/c1-21-14-5-3-2-4-11(14)8-10-6-7-13-12(9-10)15(17)20-16(18)19-13/h2-7,9H,8H2,1H3,(H4,17,18,19,20). The number of anilines is 2. The first-order valence-corrected chi connectivity index (χ1v) is 6.61. The smallest absolute Gasteiger partial charge is 0.222 e. The molecular weight excluding hydrogens is 264 g/mol. The van der Waals surface area contributed by atoms with Crippen LogP contribution < -0.4 is 16.2 Å². The SMILES string of the molecule is COc1ccccc1Cc1ccc2nc(N)nc(N)c2c1.